The average Bonchev–Trinajstić information content (AvgIpc) is 2.79. The molecular formula is C25H17F3O4. The van der Waals surface area contributed by atoms with E-state index >= 15 is 0 Å². The van der Waals surface area contributed by atoms with Crippen LogP contribution in [-0.4, -0.2) is 6.61 Å². The lowest BCUT2D eigenvalue weighted by Gasteiger charge is -2.14. The smallest absolute Gasteiger partial charge is 0.453 e. The SMILES string of the molecule is C=CCOc1ccc2c(=O)c(Oc3ccc(-c4ccccc4)cc3)c(C(F)(F)F)oc2c1. The summed E-state index contributed by atoms with van der Waals surface area (Å²) in [6.07, 6.45) is -3.45. The predicted molar refractivity (Wildman–Crippen MR) is 115 cm³/mol. The Kier molecular flexibility index (Phi) is 5.73. The van der Waals surface area contributed by atoms with Gasteiger partial charge < -0.3 is 13.9 Å². The number of hydrogen-bond donors (Lipinski definition) is 0. The van der Waals surface area contributed by atoms with Gasteiger partial charge in [-0.1, -0.05) is 55.1 Å². The molecule has 162 valence electrons. The molecule has 0 bridgehead atoms. The van der Waals surface area contributed by atoms with E-state index in [0.717, 1.165) is 11.1 Å². The Hall–Kier alpha value is -4.00. The van der Waals surface area contributed by atoms with E-state index in [9.17, 15) is 18.0 Å². The number of fused-ring (bicyclic) bond motifs is 1. The minimum atomic E-state index is -4.94. The monoisotopic (exact) mass is 438 g/mol. The molecule has 0 fully saturated rings. The maximum atomic E-state index is 13.7. The van der Waals surface area contributed by atoms with Crippen molar-refractivity contribution >= 4 is 11.0 Å². The molecule has 0 spiro atoms. The molecule has 3 aromatic carbocycles. The molecule has 7 heteroatoms. The van der Waals surface area contributed by atoms with Crippen LogP contribution >= 0.6 is 0 Å². The van der Waals surface area contributed by atoms with Crippen LogP contribution in [0.5, 0.6) is 17.2 Å². The van der Waals surface area contributed by atoms with E-state index in [2.05, 4.69) is 6.58 Å². The summed E-state index contributed by atoms with van der Waals surface area (Å²) in [5.74, 6) is -2.10. The summed E-state index contributed by atoms with van der Waals surface area (Å²) in [6.45, 7) is 3.66. The molecule has 0 saturated carbocycles. The highest BCUT2D eigenvalue weighted by Gasteiger charge is 2.40. The normalized spacial score (nSPS) is 11.3. The summed E-state index contributed by atoms with van der Waals surface area (Å²) >= 11 is 0. The van der Waals surface area contributed by atoms with Gasteiger partial charge in [0.2, 0.25) is 11.2 Å². The fraction of sp³-hybridized carbons (Fsp3) is 0.0800. The fourth-order valence-electron chi connectivity index (χ4n) is 3.14. The first kappa shape index (κ1) is 21.2. The van der Waals surface area contributed by atoms with E-state index < -0.39 is 23.1 Å². The minimum Gasteiger partial charge on any atom is -0.489 e. The molecule has 1 aromatic heterocycles. The molecule has 32 heavy (non-hydrogen) atoms. The largest absolute Gasteiger partial charge is 0.489 e. The van der Waals surface area contributed by atoms with Crippen molar-refractivity contribution in [2.75, 3.05) is 6.61 Å². The van der Waals surface area contributed by atoms with Gasteiger partial charge in [-0.2, -0.15) is 13.2 Å². The summed E-state index contributed by atoms with van der Waals surface area (Å²) in [7, 11) is 0. The highest BCUT2D eigenvalue weighted by Crippen LogP contribution is 2.39. The van der Waals surface area contributed by atoms with Crippen LogP contribution in [0.2, 0.25) is 0 Å². The molecule has 4 aromatic rings. The first-order valence-corrected chi connectivity index (χ1v) is 9.62. The zero-order valence-corrected chi connectivity index (χ0v) is 16.7. The standard InChI is InChI=1S/C25H17F3O4/c1-2-14-30-19-12-13-20-21(15-19)32-24(25(26,27)28)23(22(20)29)31-18-10-8-17(9-11-18)16-6-4-3-5-7-16/h2-13,15H,1,14H2. The van der Waals surface area contributed by atoms with Crippen LogP contribution in [0.1, 0.15) is 5.76 Å². The molecule has 0 atom stereocenters. The number of benzene rings is 3. The van der Waals surface area contributed by atoms with E-state index in [-0.39, 0.29) is 29.1 Å². The van der Waals surface area contributed by atoms with Gasteiger partial charge in [0, 0.05) is 6.07 Å². The van der Waals surface area contributed by atoms with E-state index in [1.54, 1.807) is 12.1 Å². The van der Waals surface area contributed by atoms with Gasteiger partial charge in [-0.3, -0.25) is 4.79 Å². The second kappa shape index (κ2) is 8.63. The predicted octanol–water partition coefficient (Wildman–Crippen LogP) is 6.84. The van der Waals surface area contributed by atoms with Crippen LogP contribution < -0.4 is 14.9 Å². The lowest BCUT2D eigenvalue weighted by Crippen LogP contribution is -2.15. The topological polar surface area (TPSA) is 48.7 Å². The van der Waals surface area contributed by atoms with Crippen molar-refractivity contribution in [2.24, 2.45) is 0 Å². The Morgan fingerprint density at radius 3 is 2.22 bits per heavy atom. The highest BCUT2D eigenvalue weighted by atomic mass is 19.4. The van der Waals surface area contributed by atoms with Crippen molar-refractivity contribution in [1.29, 1.82) is 0 Å². The van der Waals surface area contributed by atoms with Crippen LogP contribution in [0.4, 0.5) is 13.2 Å². The van der Waals surface area contributed by atoms with Gasteiger partial charge in [-0.15, -0.1) is 0 Å². The third-order valence-electron chi connectivity index (χ3n) is 4.63. The summed E-state index contributed by atoms with van der Waals surface area (Å²) in [6, 6.07) is 19.9. The third kappa shape index (κ3) is 4.37. The molecule has 4 nitrogen and oxygen atoms in total. The van der Waals surface area contributed by atoms with Gasteiger partial charge in [-0.05, 0) is 35.4 Å². The first-order valence-electron chi connectivity index (χ1n) is 9.62. The van der Waals surface area contributed by atoms with Crippen molar-refractivity contribution in [3.05, 3.63) is 101 Å². The fourth-order valence-corrected chi connectivity index (χ4v) is 3.14. The lowest BCUT2D eigenvalue weighted by molar-refractivity contribution is -0.154. The molecule has 0 aliphatic heterocycles. The number of hydrogen-bond acceptors (Lipinski definition) is 4. The van der Waals surface area contributed by atoms with Crippen LogP contribution in [0.15, 0.2) is 94.7 Å². The lowest BCUT2D eigenvalue weighted by atomic mass is 10.1. The van der Waals surface area contributed by atoms with E-state index in [0.29, 0.717) is 0 Å². The Morgan fingerprint density at radius 2 is 1.56 bits per heavy atom. The maximum absolute atomic E-state index is 13.7. The van der Waals surface area contributed by atoms with Crippen molar-refractivity contribution in [3.63, 3.8) is 0 Å². The van der Waals surface area contributed by atoms with Gasteiger partial charge in [0.15, 0.2) is 0 Å². The maximum Gasteiger partial charge on any atom is 0.453 e. The summed E-state index contributed by atoms with van der Waals surface area (Å²) in [4.78, 5) is 12.9. The van der Waals surface area contributed by atoms with E-state index in [1.807, 2.05) is 30.3 Å². The number of rotatable bonds is 6. The Labute approximate surface area is 181 Å². The molecule has 4 rings (SSSR count). The van der Waals surface area contributed by atoms with Crippen LogP contribution in [0.25, 0.3) is 22.1 Å². The molecule has 0 aliphatic rings. The quantitative estimate of drug-likeness (QED) is 0.310. The second-order valence-corrected chi connectivity index (χ2v) is 6.84. The van der Waals surface area contributed by atoms with E-state index in [4.69, 9.17) is 13.9 Å². The summed E-state index contributed by atoms with van der Waals surface area (Å²) in [5.41, 5.74) is 0.609. The molecule has 0 saturated heterocycles. The second-order valence-electron chi connectivity index (χ2n) is 6.84. The summed E-state index contributed by atoms with van der Waals surface area (Å²) in [5, 5.41) is -0.0557. The van der Waals surface area contributed by atoms with Crippen molar-refractivity contribution in [2.45, 2.75) is 6.18 Å². The molecule has 0 amide bonds. The van der Waals surface area contributed by atoms with Gasteiger partial charge in [0.25, 0.3) is 5.76 Å². The van der Waals surface area contributed by atoms with Gasteiger partial charge in [-0.25, -0.2) is 0 Å². The molecule has 0 unspecified atom stereocenters. The minimum absolute atomic E-state index is 0.0557. The number of alkyl halides is 3. The Morgan fingerprint density at radius 1 is 0.906 bits per heavy atom. The number of ether oxygens (including phenoxy) is 2. The summed E-state index contributed by atoms with van der Waals surface area (Å²) < 4.78 is 56.8. The van der Waals surface area contributed by atoms with Crippen molar-refractivity contribution in [1.82, 2.24) is 0 Å². The van der Waals surface area contributed by atoms with Crippen molar-refractivity contribution < 1.29 is 27.1 Å². The van der Waals surface area contributed by atoms with Crippen molar-refractivity contribution in [3.8, 4) is 28.4 Å². The first-order chi connectivity index (χ1) is 15.4. The van der Waals surface area contributed by atoms with Gasteiger partial charge in [0.05, 0.1) is 5.39 Å². The van der Waals surface area contributed by atoms with Gasteiger partial charge >= 0.3 is 6.18 Å². The number of halogens is 3. The molecule has 0 N–H and O–H groups in total. The average molecular weight is 438 g/mol. The third-order valence-corrected chi connectivity index (χ3v) is 4.63. The Bertz CT molecular complexity index is 1310. The molecule has 0 radical (unpaired) electrons. The van der Waals surface area contributed by atoms with Crippen LogP contribution in [-0.2, 0) is 6.18 Å². The van der Waals surface area contributed by atoms with Gasteiger partial charge in [0.1, 0.15) is 23.7 Å². The van der Waals surface area contributed by atoms with E-state index in [1.165, 1.54) is 36.4 Å². The highest BCUT2D eigenvalue weighted by molar-refractivity contribution is 5.80. The van der Waals surface area contributed by atoms with Crippen LogP contribution in [0.3, 0.4) is 0 Å². The molecule has 1 heterocycles. The molecule has 0 aliphatic carbocycles. The zero-order chi connectivity index (χ0) is 22.7. The Balaban J connectivity index is 1.75. The molecular weight excluding hydrogens is 421 g/mol. The zero-order valence-electron chi connectivity index (χ0n) is 16.7. The van der Waals surface area contributed by atoms with Crippen LogP contribution in [0, 0.1) is 0 Å².